The zero-order valence-electron chi connectivity index (χ0n) is 22.0. The number of piperidine rings is 1. The van der Waals surface area contributed by atoms with Crippen LogP contribution in [0.25, 0.3) is 11.5 Å². The highest BCUT2D eigenvalue weighted by molar-refractivity contribution is 5.97. The van der Waals surface area contributed by atoms with Crippen LogP contribution < -0.4 is 20.9 Å². The summed E-state index contributed by atoms with van der Waals surface area (Å²) in [5, 5.41) is 17.1. The van der Waals surface area contributed by atoms with E-state index in [1.807, 2.05) is 45.0 Å². The van der Waals surface area contributed by atoms with Gasteiger partial charge < -0.3 is 25.3 Å². The number of nitrogens with zero attached hydrogens (tertiary/aromatic N) is 3. The van der Waals surface area contributed by atoms with Gasteiger partial charge in [0.2, 0.25) is 11.8 Å². The average Bonchev–Trinajstić information content (AvgIpc) is 3.46. The van der Waals surface area contributed by atoms with E-state index in [1.54, 1.807) is 30.5 Å². The van der Waals surface area contributed by atoms with Gasteiger partial charge in [0.15, 0.2) is 11.6 Å². The average molecular weight is 519 g/mol. The molecule has 38 heavy (non-hydrogen) atoms. The largest absolute Gasteiger partial charge is 0.463 e. The molecule has 4 rings (SSSR count). The normalized spacial score (nSPS) is 14.1. The highest BCUT2D eigenvalue weighted by atomic mass is 16.3. The lowest BCUT2D eigenvalue weighted by Crippen LogP contribution is -2.42. The van der Waals surface area contributed by atoms with E-state index in [1.165, 1.54) is 0 Å². The molecule has 3 aromatic rings. The molecule has 2 aromatic heterocycles. The Morgan fingerprint density at radius 2 is 1.66 bits per heavy atom. The van der Waals surface area contributed by atoms with Crippen LogP contribution in [0.4, 0.5) is 11.5 Å². The molecule has 1 aliphatic rings. The third kappa shape index (κ3) is 6.96. The molecule has 0 atom stereocenters. The predicted octanol–water partition coefficient (Wildman–Crippen LogP) is 3.48. The van der Waals surface area contributed by atoms with Gasteiger partial charge in [0.25, 0.3) is 5.91 Å². The van der Waals surface area contributed by atoms with Crippen molar-refractivity contribution in [1.29, 1.82) is 0 Å². The first-order valence-electron chi connectivity index (χ1n) is 12.8. The van der Waals surface area contributed by atoms with Gasteiger partial charge in [0, 0.05) is 48.8 Å². The zero-order chi connectivity index (χ0) is 27.1. The summed E-state index contributed by atoms with van der Waals surface area (Å²) in [5.74, 6) is 1.05. The van der Waals surface area contributed by atoms with Crippen LogP contribution in [0, 0.1) is 11.3 Å². The minimum atomic E-state index is -0.500. The molecule has 1 aromatic carbocycles. The van der Waals surface area contributed by atoms with Gasteiger partial charge in [0.1, 0.15) is 5.69 Å². The van der Waals surface area contributed by atoms with Crippen LogP contribution in [0.1, 0.15) is 44.0 Å². The molecule has 1 fully saturated rings. The number of nitrogens with one attached hydrogen (secondary N) is 3. The molecule has 10 heteroatoms. The standard InChI is InChI=1S/C28H34N6O4/c1-28(2,3)27(37)31-21-8-6-19(7-9-21)25(35)29-14-15-30-26(36)20-12-16-34(17-13-20)24-11-10-22(32-33-24)23-5-4-18-38-23/h4-11,18,20H,12-17H2,1-3H3,(H,29,35)(H,30,36)(H,31,37). The number of anilines is 2. The van der Waals surface area contributed by atoms with E-state index >= 15 is 0 Å². The number of carbonyl (C=O) groups excluding carboxylic acids is 3. The van der Waals surface area contributed by atoms with Crippen molar-refractivity contribution in [2.75, 3.05) is 36.4 Å². The van der Waals surface area contributed by atoms with E-state index in [9.17, 15) is 14.4 Å². The van der Waals surface area contributed by atoms with Crippen LogP contribution in [0.3, 0.4) is 0 Å². The second-order valence-electron chi connectivity index (χ2n) is 10.3. The highest BCUT2D eigenvalue weighted by Crippen LogP contribution is 2.24. The van der Waals surface area contributed by atoms with Gasteiger partial charge in [-0.1, -0.05) is 20.8 Å². The molecule has 0 spiro atoms. The Morgan fingerprint density at radius 1 is 0.947 bits per heavy atom. The Morgan fingerprint density at radius 3 is 2.26 bits per heavy atom. The summed E-state index contributed by atoms with van der Waals surface area (Å²) in [5.41, 5.74) is 1.30. The second-order valence-corrected chi connectivity index (χ2v) is 10.3. The van der Waals surface area contributed by atoms with Crippen LogP contribution in [0.5, 0.6) is 0 Å². The van der Waals surface area contributed by atoms with E-state index in [0.29, 0.717) is 35.8 Å². The van der Waals surface area contributed by atoms with Crippen LogP contribution in [0.2, 0.25) is 0 Å². The third-order valence-electron chi connectivity index (χ3n) is 6.41. The van der Waals surface area contributed by atoms with E-state index in [4.69, 9.17) is 4.42 Å². The van der Waals surface area contributed by atoms with Crippen molar-refractivity contribution in [2.24, 2.45) is 11.3 Å². The second kappa shape index (κ2) is 11.9. The van der Waals surface area contributed by atoms with E-state index in [2.05, 4.69) is 31.0 Å². The number of rotatable bonds is 8. The molecule has 200 valence electrons. The molecule has 0 bridgehead atoms. The summed E-state index contributed by atoms with van der Waals surface area (Å²) >= 11 is 0. The first-order valence-corrected chi connectivity index (χ1v) is 12.8. The van der Waals surface area contributed by atoms with Gasteiger partial charge in [-0.2, -0.15) is 0 Å². The number of aromatic nitrogens is 2. The van der Waals surface area contributed by atoms with Crippen molar-refractivity contribution >= 4 is 29.2 Å². The van der Waals surface area contributed by atoms with E-state index in [-0.39, 0.29) is 23.6 Å². The Hall–Kier alpha value is -4.21. The Bertz CT molecular complexity index is 1230. The number of amides is 3. The van der Waals surface area contributed by atoms with Gasteiger partial charge in [-0.25, -0.2) is 0 Å². The van der Waals surface area contributed by atoms with Crippen molar-refractivity contribution in [3.8, 4) is 11.5 Å². The van der Waals surface area contributed by atoms with Crippen LogP contribution in [-0.2, 0) is 9.59 Å². The quantitative estimate of drug-likeness (QED) is 0.389. The number of carbonyl (C=O) groups is 3. The van der Waals surface area contributed by atoms with Crippen molar-refractivity contribution in [2.45, 2.75) is 33.6 Å². The lowest BCUT2D eigenvalue weighted by Gasteiger charge is -2.31. The molecule has 1 aliphatic heterocycles. The molecule has 1 saturated heterocycles. The van der Waals surface area contributed by atoms with Gasteiger partial charge in [0.05, 0.1) is 6.26 Å². The minimum Gasteiger partial charge on any atom is -0.463 e. The van der Waals surface area contributed by atoms with Gasteiger partial charge in [-0.15, -0.1) is 10.2 Å². The monoisotopic (exact) mass is 518 g/mol. The maximum absolute atomic E-state index is 12.6. The van der Waals surface area contributed by atoms with Crippen molar-refractivity contribution in [1.82, 2.24) is 20.8 Å². The van der Waals surface area contributed by atoms with Crippen molar-refractivity contribution in [3.05, 3.63) is 60.4 Å². The summed E-state index contributed by atoms with van der Waals surface area (Å²) in [6.45, 7) is 7.62. The van der Waals surface area contributed by atoms with Crippen LogP contribution in [0.15, 0.2) is 59.2 Å². The third-order valence-corrected chi connectivity index (χ3v) is 6.41. The molecule has 0 radical (unpaired) electrons. The number of hydrogen-bond acceptors (Lipinski definition) is 7. The Kier molecular flexibility index (Phi) is 8.40. The molecule has 3 amide bonds. The fourth-order valence-electron chi connectivity index (χ4n) is 4.05. The maximum atomic E-state index is 12.6. The van der Waals surface area contributed by atoms with Crippen molar-refractivity contribution in [3.63, 3.8) is 0 Å². The first kappa shape index (κ1) is 26.8. The van der Waals surface area contributed by atoms with Gasteiger partial charge >= 0.3 is 0 Å². The molecule has 10 nitrogen and oxygen atoms in total. The van der Waals surface area contributed by atoms with E-state index < -0.39 is 5.41 Å². The summed E-state index contributed by atoms with van der Waals surface area (Å²) in [4.78, 5) is 39.2. The predicted molar refractivity (Wildman–Crippen MR) is 145 cm³/mol. The minimum absolute atomic E-state index is 0.00269. The Labute approximate surface area is 222 Å². The summed E-state index contributed by atoms with van der Waals surface area (Å²) < 4.78 is 5.35. The summed E-state index contributed by atoms with van der Waals surface area (Å²) in [6.07, 6.45) is 3.04. The smallest absolute Gasteiger partial charge is 0.251 e. The SMILES string of the molecule is CC(C)(C)C(=O)Nc1ccc(C(=O)NCCNC(=O)C2CCN(c3ccc(-c4ccco4)nn3)CC2)cc1. The number of hydrogen-bond donors (Lipinski definition) is 3. The van der Waals surface area contributed by atoms with E-state index in [0.717, 1.165) is 31.7 Å². The fourth-order valence-corrected chi connectivity index (χ4v) is 4.05. The number of benzene rings is 1. The fraction of sp³-hybridized carbons (Fsp3) is 0.393. The lowest BCUT2D eigenvalue weighted by atomic mass is 9.95. The molecule has 0 saturated carbocycles. The molecular weight excluding hydrogens is 484 g/mol. The first-order chi connectivity index (χ1) is 18.2. The molecule has 3 heterocycles. The molecule has 3 N–H and O–H groups in total. The van der Waals surface area contributed by atoms with Gasteiger partial charge in [-0.3, -0.25) is 14.4 Å². The molecular formula is C28H34N6O4. The molecule has 0 unspecified atom stereocenters. The topological polar surface area (TPSA) is 129 Å². The number of furan rings is 1. The molecule has 0 aliphatic carbocycles. The van der Waals surface area contributed by atoms with Crippen LogP contribution >= 0.6 is 0 Å². The van der Waals surface area contributed by atoms with Gasteiger partial charge in [-0.05, 0) is 61.4 Å². The maximum Gasteiger partial charge on any atom is 0.251 e. The summed E-state index contributed by atoms with van der Waals surface area (Å²) in [6, 6.07) is 14.2. The zero-order valence-corrected chi connectivity index (χ0v) is 22.0. The van der Waals surface area contributed by atoms with Crippen molar-refractivity contribution < 1.29 is 18.8 Å². The van der Waals surface area contributed by atoms with Crippen LogP contribution in [-0.4, -0.2) is 54.1 Å². The summed E-state index contributed by atoms with van der Waals surface area (Å²) in [7, 11) is 0. The lowest BCUT2D eigenvalue weighted by molar-refractivity contribution is -0.125. The highest BCUT2D eigenvalue weighted by Gasteiger charge is 2.26. The Balaban J connectivity index is 1.15.